The van der Waals surface area contributed by atoms with Gasteiger partial charge in [-0.2, -0.15) is 5.10 Å². The molecule has 0 aromatic heterocycles. The van der Waals surface area contributed by atoms with E-state index < -0.39 is 6.04 Å². The molecule has 1 aliphatic rings. The zero-order chi connectivity index (χ0) is 24.7. The first-order valence-electron chi connectivity index (χ1n) is 10.6. The van der Waals surface area contributed by atoms with Gasteiger partial charge in [-0.05, 0) is 52.2 Å². The molecule has 9 nitrogen and oxygen atoms in total. The van der Waals surface area contributed by atoms with Gasteiger partial charge in [-0.15, -0.1) is 5.23 Å². The molecule has 1 aliphatic heterocycles. The lowest BCUT2D eigenvalue weighted by Crippen LogP contribution is -2.23. The van der Waals surface area contributed by atoms with Gasteiger partial charge >= 0.3 is 0 Å². The number of nitrogens with zero attached hydrogens (tertiary/aromatic N) is 4. The van der Waals surface area contributed by atoms with E-state index >= 15 is 0 Å². The largest absolute Gasteiger partial charge is 0.872 e. The van der Waals surface area contributed by atoms with Crippen LogP contribution in [0.4, 0.5) is 17.1 Å². The quantitative estimate of drug-likeness (QED) is 0.325. The molecule has 0 saturated heterocycles. The van der Waals surface area contributed by atoms with Crippen molar-refractivity contribution in [2.75, 3.05) is 15.5 Å². The minimum atomic E-state index is -0.421. The number of anilines is 3. The van der Waals surface area contributed by atoms with Gasteiger partial charge < -0.3 is 15.5 Å². The standard InChI is InChI=1S/C25H20ClN4O5/c26-17-8-5-16(6-9-17)23-14-21(20-11-7-15-3-1-2-4-19(15)25(20)31)27-28(23)22-12-10-18(29(32)33)13-24(22)30(34)35/h1-13,23,31-32,34-35H,14H2/q-1/p-1. The zero-order valence-corrected chi connectivity index (χ0v) is 18.9. The van der Waals surface area contributed by atoms with Crippen molar-refractivity contribution in [3.8, 4) is 5.75 Å². The molecule has 1 unspecified atom stereocenters. The first kappa shape index (κ1) is 22.9. The first-order valence-corrected chi connectivity index (χ1v) is 11.0. The monoisotopic (exact) mass is 490 g/mol. The highest BCUT2D eigenvalue weighted by molar-refractivity contribution is 6.30. The van der Waals surface area contributed by atoms with Gasteiger partial charge in [0.1, 0.15) is 5.69 Å². The van der Waals surface area contributed by atoms with Crippen LogP contribution in [0.3, 0.4) is 0 Å². The van der Waals surface area contributed by atoms with E-state index in [2.05, 4.69) is 0 Å². The van der Waals surface area contributed by atoms with Crippen LogP contribution in [0.1, 0.15) is 23.6 Å². The second kappa shape index (κ2) is 9.06. The van der Waals surface area contributed by atoms with Crippen LogP contribution < -0.4 is 20.6 Å². The molecular formula is C25H19ClN4O5-2. The van der Waals surface area contributed by atoms with Crippen molar-refractivity contribution in [2.45, 2.75) is 12.5 Å². The van der Waals surface area contributed by atoms with E-state index in [0.29, 0.717) is 28.1 Å². The van der Waals surface area contributed by atoms with E-state index in [-0.39, 0.29) is 33.3 Å². The van der Waals surface area contributed by atoms with Crippen LogP contribution in [0.2, 0.25) is 5.02 Å². The molecule has 0 amide bonds. The number of hydrogen-bond acceptors (Lipinski definition) is 9. The Balaban J connectivity index is 1.66. The summed E-state index contributed by atoms with van der Waals surface area (Å²) in [6.45, 7) is 0. The van der Waals surface area contributed by atoms with Crippen molar-refractivity contribution >= 4 is 45.1 Å². The van der Waals surface area contributed by atoms with E-state index in [1.54, 1.807) is 35.3 Å². The summed E-state index contributed by atoms with van der Waals surface area (Å²) in [6, 6.07) is 21.4. The maximum atomic E-state index is 13.3. The Hall–Kier alpha value is -3.86. The van der Waals surface area contributed by atoms with Crippen molar-refractivity contribution in [3.63, 3.8) is 0 Å². The second-order valence-electron chi connectivity index (χ2n) is 8.06. The van der Waals surface area contributed by atoms with E-state index in [1.165, 1.54) is 12.1 Å². The molecule has 1 atom stereocenters. The Morgan fingerprint density at radius 1 is 0.943 bits per heavy atom. The van der Waals surface area contributed by atoms with Gasteiger partial charge in [0.05, 0.1) is 23.1 Å². The number of halogens is 1. The molecule has 10 heteroatoms. The number of benzene rings is 4. The molecule has 0 spiro atoms. The Kier molecular flexibility index (Phi) is 5.93. The lowest BCUT2D eigenvalue weighted by Gasteiger charge is -2.29. The molecule has 3 N–H and O–H groups in total. The zero-order valence-electron chi connectivity index (χ0n) is 18.1. The van der Waals surface area contributed by atoms with Gasteiger partial charge in [0.15, 0.2) is 0 Å². The Morgan fingerprint density at radius 3 is 2.40 bits per heavy atom. The summed E-state index contributed by atoms with van der Waals surface area (Å²) in [5, 5.41) is 61.3. The van der Waals surface area contributed by atoms with Gasteiger partial charge in [0.25, 0.3) is 0 Å². The maximum absolute atomic E-state index is 13.3. The minimum absolute atomic E-state index is 0.149. The highest BCUT2D eigenvalue weighted by atomic mass is 35.5. The molecule has 1 heterocycles. The predicted octanol–water partition coefficient (Wildman–Crippen LogP) is 5.20. The minimum Gasteiger partial charge on any atom is -0.872 e. The van der Waals surface area contributed by atoms with Crippen LogP contribution in [-0.2, 0) is 0 Å². The Morgan fingerprint density at radius 2 is 1.69 bits per heavy atom. The van der Waals surface area contributed by atoms with Crippen molar-refractivity contribution in [3.05, 3.63) is 100 Å². The third-order valence-electron chi connectivity index (χ3n) is 6.00. The molecule has 178 valence electrons. The molecule has 0 aliphatic carbocycles. The molecule has 0 radical (unpaired) electrons. The summed E-state index contributed by atoms with van der Waals surface area (Å²) in [5.74, 6) is -0.151. The molecule has 0 fully saturated rings. The van der Waals surface area contributed by atoms with Crippen molar-refractivity contribution < 1.29 is 20.7 Å². The number of rotatable bonds is 5. The molecule has 4 aromatic carbocycles. The topological polar surface area (TPSA) is 129 Å². The summed E-state index contributed by atoms with van der Waals surface area (Å²) >= 11 is 6.07. The lowest BCUT2D eigenvalue weighted by atomic mass is 9.96. The van der Waals surface area contributed by atoms with Crippen LogP contribution >= 0.6 is 11.6 Å². The van der Waals surface area contributed by atoms with Crippen molar-refractivity contribution in [1.29, 1.82) is 0 Å². The second-order valence-corrected chi connectivity index (χ2v) is 8.50. The highest BCUT2D eigenvalue weighted by Crippen LogP contribution is 2.43. The summed E-state index contributed by atoms with van der Waals surface area (Å²) in [5.41, 5.74) is 1.62. The van der Waals surface area contributed by atoms with Crippen LogP contribution in [0.25, 0.3) is 10.8 Å². The van der Waals surface area contributed by atoms with Gasteiger partial charge in [-0.1, -0.05) is 65.9 Å². The molecule has 4 aromatic rings. The van der Waals surface area contributed by atoms with E-state index in [1.807, 2.05) is 30.3 Å². The van der Waals surface area contributed by atoms with Gasteiger partial charge in [-0.3, -0.25) is 20.6 Å². The van der Waals surface area contributed by atoms with Crippen LogP contribution in [0, 0.1) is 5.21 Å². The maximum Gasteiger partial charge on any atom is 0.122 e. The highest BCUT2D eigenvalue weighted by Gasteiger charge is 2.32. The third kappa shape index (κ3) is 4.23. The molecular weight excluding hydrogens is 472 g/mol. The van der Waals surface area contributed by atoms with Crippen LogP contribution in [0.15, 0.2) is 84.0 Å². The van der Waals surface area contributed by atoms with Gasteiger partial charge in [0, 0.05) is 11.4 Å². The average molecular weight is 491 g/mol. The normalized spacial score (nSPS) is 15.4. The van der Waals surface area contributed by atoms with Crippen LogP contribution in [-0.4, -0.2) is 21.3 Å². The van der Waals surface area contributed by atoms with Crippen molar-refractivity contribution in [1.82, 2.24) is 0 Å². The van der Waals surface area contributed by atoms with E-state index in [9.17, 15) is 25.9 Å². The van der Waals surface area contributed by atoms with E-state index in [4.69, 9.17) is 16.7 Å². The lowest BCUT2D eigenvalue weighted by molar-refractivity contribution is -0.266. The summed E-state index contributed by atoms with van der Waals surface area (Å²) in [4.78, 5) is 0. The first-order chi connectivity index (χ1) is 16.8. The third-order valence-corrected chi connectivity index (χ3v) is 6.25. The fourth-order valence-corrected chi connectivity index (χ4v) is 4.42. The average Bonchev–Trinajstić information content (AvgIpc) is 3.29. The fraction of sp³-hybridized carbons (Fsp3) is 0.0800. The summed E-state index contributed by atoms with van der Waals surface area (Å²) in [7, 11) is 0. The SMILES string of the molecule is [O-]c1c(C2=NN(c3ccc(N([O-])O)cc3N(O)O)C(c3ccc(Cl)cc3)C2)ccc2ccccc12. The molecule has 5 rings (SSSR count). The molecule has 0 bridgehead atoms. The summed E-state index contributed by atoms with van der Waals surface area (Å²) < 4.78 is 0. The number of hydrogen-bond donors (Lipinski definition) is 3. The number of fused-ring (bicyclic) bond motifs is 1. The predicted molar refractivity (Wildman–Crippen MR) is 131 cm³/mol. The van der Waals surface area contributed by atoms with Gasteiger partial charge in [0.2, 0.25) is 0 Å². The van der Waals surface area contributed by atoms with E-state index in [0.717, 1.165) is 17.0 Å². The molecule has 35 heavy (non-hydrogen) atoms. The Bertz CT molecular complexity index is 1430. The van der Waals surface area contributed by atoms with Crippen molar-refractivity contribution in [2.24, 2.45) is 5.10 Å². The number of hydrazone groups is 1. The summed E-state index contributed by atoms with van der Waals surface area (Å²) in [6.07, 6.45) is 0.348. The molecule has 0 saturated carbocycles. The van der Waals surface area contributed by atoms with Crippen LogP contribution in [0.5, 0.6) is 5.75 Å². The smallest absolute Gasteiger partial charge is 0.122 e. The fourth-order valence-electron chi connectivity index (χ4n) is 4.29. The Labute approximate surface area is 205 Å². The van der Waals surface area contributed by atoms with Gasteiger partial charge in [-0.25, -0.2) is 0 Å².